The maximum Gasteiger partial charge on any atom is 0.408 e. The predicted molar refractivity (Wildman–Crippen MR) is 72.8 cm³/mol. The van der Waals surface area contributed by atoms with Gasteiger partial charge < -0.3 is 10.1 Å². The second kappa shape index (κ2) is 5.28. The summed E-state index contributed by atoms with van der Waals surface area (Å²) in [5, 5.41) is 7.10. The quantitative estimate of drug-likeness (QED) is 0.929. The molecule has 120 valence electrons. The van der Waals surface area contributed by atoms with Gasteiger partial charge >= 0.3 is 6.18 Å². The summed E-state index contributed by atoms with van der Waals surface area (Å²) in [4.78, 5) is 0. The van der Waals surface area contributed by atoms with E-state index in [-0.39, 0.29) is 17.2 Å². The van der Waals surface area contributed by atoms with Crippen molar-refractivity contribution in [2.75, 3.05) is 0 Å². The van der Waals surface area contributed by atoms with Crippen molar-refractivity contribution in [1.82, 2.24) is 15.1 Å². The fourth-order valence-corrected chi connectivity index (χ4v) is 2.89. The maximum atomic E-state index is 12.3. The SMILES string of the molecule is CC1(C)CC(NCc2cnn(CC(F)(F)F)c2)C(C)(C)O1. The van der Waals surface area contributed by atoms with Crippen molar-refractivity contribution in [2.45, 2.75) is 70.6 Å². The molecule has 1 aliphatic heterocycles. The molecule has 1 aliphatic rings. The lowest BCUT2D eigenvalue weighted by atomic mass is 9.94. The normalized spacial score (nSPS) is 24.4. The third-order valence-electron chi connectivity index (χ3n) is 3.65. The average molecular weight is 305 g/mol. The topological polar surface area (TPSA) is 39.1 Å². The van der Waals surface area contributed by atoms with Gasteiger partial charge in [-0.25, -0.2) is 0 Å². The molecule has 1 aromatic heterocycles. The van der Waals surface area contributed by atoms with Gasteiger partial charge in [0, 0.05) is 24.3 Å². The number of hydrogen-bond donors (Lipinski definition) is 1. The molecule has 0 aromatic carbocycles. The predicted octanol–water partition coefficient (Wildman–Crippen LogP) is 2.88. The van der Waals surface area contributed by atoms with E-state index in [9.17, 15) is 13.2 Å². The Kier molecular flexibility index (Phi) is 4.10. The monoisotopic (exact) mass is 305 g/mol. The van der Waals surface area contributed by atoms with Gasteiger partial charge in [0.2, 0.25) is 0 Å². The van der Waals surface area contributed by atoms with Crippen LogP contribution in [0.15, 0.2) is 12.4 Å². The number of nitrogens with zero attached hydrogens (tertiary/aromatic N) is 2. The summed E-state index contributed by atoms with van der Waals surface area (Å²) in [6, 6.07) is 0.151. The van der Waals surface area contributed by atoms with Crippen LogP contribution < -0.4 is 5.32 Å². The Hall–Kier alpha value is -1.08. The Labute approximate surface area is 122 Å². The van der Waals surface area contributed by atoms with E-state index in [1.54, 1.807) is 0 Å². The molecule has 21 heavy (non-hydrogen) atoms. The first-order valence-corrected chi connectivity index (χ1v) is 6.98. The first-order chi connectivity index (χ1) is 9.47. The Balaban J connectivity index is 1.92. The van der Waals surface area contributed by atoms with Crippen LogP contribution in [0.2, 0.25) is 0 Å². The van der Waals surface area contributed by atoms with Gasteiger partial charge in [-0.15, -0.1) is 0 Å². The highest BCUT2D eigenvalue weighted by atomic mass is 19.4. The van der Waals surface area contributed by atoms with Gasteiger partial charge in [-0.2, -0.15) is 18.3 Å². The molecule has 4 nitrogen and oxygen atoms in total. The molecular formula is C14H22F3N3O. The van der Waals surface area contributed by atoms with Gasteiger partial charge in [-0.3, -0.25) is 4.68 Å². The van der Waals surface area contributed by atoms with Crippen LogP contribution in [0.4, 0.5) is 13.2 Å². The first kappa shape index (κ1) is 16.3. The van der Waals surface area contributed by atoms with E-state index in [1.165, 1.54) is 12.4 Å². The third-order valence-corrected chi connectivity index (χ3v) is 3.65. The fraction of sp³-hybridized carbons (Fsp3) is 0.786. The highest BCUT2D eigenvalue weighted by Gasteiger charge is 2.45. The van der Waals surface area contributed by atoms with Crippen LogP contribution in [0.3, 0.4) is 0 Å². The summed E-state index contributed by atoms with van der Waals surface area (Å²) >= 11 is 0. The summed E-state index contributed by atoms with van der Waals surface area (Å²) in [7, 11) is 0. The van der Waals surface area contributed by atoms with E-state index in [4.69, 9.17) is 4.74 Å². The van der Waals surface area contributed by atoms with Crippen molar-refractivity contribution >= 4 is 0 Å². The van der Waals surface area contributed by atoms with Crippen LogP contribution >= 0.6 is 0 Å². The number of nitrogens with one attached hydrogen (secondary N) is 1. The van der Waals surface area contributed by atoms with E-state index in [0.29, 0.717) is 6.54 Å². The first-order valence-electron chi connectivity index (χ1n) is 6.98. The smallest absolute Gasteiger partial charge is 0.368 e. The second-order valence-electron chi connectivity index (χ2n) is 6.76. The highest BCUT2D eigenvalue weighted by molar-refractivity contribution is 5.06. The summed E-state index contributed by atoms with van der Waals surface area (Å²) in [6.45, 7) is 7.54. The highest BCUT2D eigenvalue weighted by Crippen LogP contribution is 2.37. The van der Waals surface area contributed by atoms with E-state index in [2.05, 4.69) is 10.4 Å². The minimum absolute atomic E-state index is 0.151. The molecule has 0 bridgehead atoms. The zero-order valence-corrected chi connectivity index (χ0v) is 12.8. The van der Waals surface area contributed by atoms with Gasteiger partial charge in [0.05, 0.1) is 17.4 Å². The number of aromatic nitrogens is 2. The minimum Gasteiger partial charge on any atom is -0.368 e. The lowest BCUT2D eigenvalue weighted by molar-refractivity contribution is -0.142. The van der Waals surface area contributed by atoms with Gasteiger partial charge in [0.15, 0.2) is 0 Å². The van der Waals surface area contributed by atoms with E-state index >= 15 is 0 Å². The minimum atomic E-state index is -4.25. The van der Waals surface area contributed by atoms with Gasteiger partial charge in [0.25, 0.3) is 0 Å². The van der Waals surface area contributed by atoms with E-state index in [0.717, 1.165) is 16.7 Å². The molecule has 0 spiro atoms. The molecule has 1 fully saturated rings. The largest absolute Gasteiger partial charge is 0.408 e. The molecule has 1 N–H and O–H groups in total. The van der Waals surface area contributed by atoms with Crippen molar-refractivity contribution in [3.63, 3.8) is 0 Å². The van der Waals surface area contributed by atoms with Gasteiger partial charge in [-0.05, 0) is 34.1 Å². The van der Waals surface area contributed by atoms with E-state index < -0.39 is 12.7 Å². The lowest BCUT2D eigenvalue weighted by Crippen LogP contribution is -2.42. The zero-order valence-electron chi connectivity index (χ0n) is 12.8. The van der Waals surface area contributed by atoms with Crippen LogP contribution in [0, 0.1) is 0 Å². The Morgan fingerprint density at radius 1 is 1.38 bits per heavy atom. The molecule has 0 radical (unpaired) electrons. The second-order valence-corrected chi connectivity index (χ2v) is 6.76. The molecule has 7 heteroatoms. The molecule has 1 aromatic rings. The summed E-state index contributed by atoms with van der Waals surface area (Å²) in [5.41, 5.74) is 0.243. The maximum absolute atomic E-state index is 12.3. The third kappa shape index (κ3) is 4.44. The summed E-state index contributed by atoms with van der Waals surface area (Å²) < 4.78 is 43.7. The molecule has 0 amide bonds. The molecule has 1 unspecified atom stereocenters. The Morgan fingerprint density at radius 2 is 2.05 bits per heavy atom. The van der Waals surface area contributed by atoms with Crippen LogP contribution in [-0.2, 0) is 17.8 Å². The number of alkyl halides is 3. The molecule has 0 aliphatic carbocycles. The molecule has 1 saturated heterocycles. The Bertz CT molecular complexity index is 494. The zero-order chi connectivity index (χ0) is 15.9. The Morgan fingerprint density at radius 3 is 2.57 bits per heavy atom. The van der Waals surface area contributed by atoms with Gasteiger partial charge in [0.1, 0.15) is 6.54 Å². The van der Waals surface area contributed by atoms with Crippen molar-refractivity contribution in [3.05, 3.63) is 18.0 Å². The van der Waals surface area contributed by atoms with Crippen molar-refractivity contribution < 1.29 is 17.9 Å². The number of rotatable bonds is 4. The van der Waals surface area contributed by atoms with Crippen molar-refractivity contribution in [2.24, 2.45) is 0 Å². The fourth-order valence-electron chi connectivity index (χ4n) is 2.89. The van der Waals surface area contributed by atoms with Crippen LogP contribution in [0.25, 0.3) is 0 Å². The van der Waals surface area contributed by atoms with Crippen molar-refractivity contribution in [3.8, 4) is 0 Å². The molecule has 0 saturated carbocycles. The molecule has 1 atom stereocenters. The summed E-state index contributed by atoms with van der Waals surface area (Å²) in [6.07, 6.45) is -0.500. The average Bonchev–Trinajstić information content (AvgIpc) is 2.75. The van der Waals surface area contributed by atoms with Gasteiger partial charge in [-0.1, -0.05) is 0 Å². The van der Waals surface area contributed by atoms with Crippen LogP contribution in [0.5, 0.6) is 0 Å². The molecular weight excluding hydrogens is 283 g/mol. The van der Waals surface area contributed by atoms with Crippen LogP contribution in [-0.4, -0.2) is 33.2 Å². The number of ether oxygens (including phenoxy) is 1. The number of halogens is 3. The lowest BCUT2D eigenvalue weighted by Gasteiger charge is -2.27. The van der Waals surface area contributed by atoms with Crippen molar-refractivity contribution in [1.29, 1.82) is 0 Å². The molecule has 2 rings (SSSR count). The standard InChI is InChI=1S/C14H22F3N3O/c1-12(2)5-11(13(3,4)21-12)18-6-10-7-19-20(8-10)9-14(15,16)17/h7-8,11,18H,5-6,9H2,1-4H3. The van der Waals surface area contributed by atoms with E-state index in [1.807, 2.05) is 27.7 Å². The number of hydrogen-bond acceptors (Lipinski definition) is 3. The summed E-state index contributed by atoms with van der Waals surface area (Å²) in [5.74, 6) is 0. The molecule has 2 heterocycles. The van der Waals surface area contributed by atoms with Crippen LogP contribution in [0.1, 0.15) is 39.7 Å².